The van der Waals surface area contributed by atoms with E-state index < -0.39 is 0 Å². The highest BCUT2D eigenvalue weighted by Gasteiger charge is 2.54. The summed E-state index contributed by atoms with van der Waals surface area (Å²) in [5.74, 6) is 1.14. The fourth-order valence-corrected chi connectivity index (χ4v) is 5.10. The number of aromatic amines is 1. The van der Waals surface area contributed by atoms with Gasteiger partial charge in [-0.1, -0.05) is 18.2 Å². The van der Waals surface area contributed by atoms with E-state index in [0.29, 0.717) is 22.3 Å². The molecule has 2 fully saturated rings. The molecule has 1 aromatic carbocycles. The van der Waals surface area contributed by atoms with Crippen LogP contribution in [0, 0.1) is 5.41 Å². The number of hydrogen-bond donors (Lipinski definition) is 2. The molecular formula is C23H25N5O2. The highest BCUT2D eigenvalue weighted by atomic mass is 16.1. The average molecular weight is 403 g/mol. The normalized spacial score (nSPS) is 24.9. The standard InChI is InChI=1S/C23H25N5O2/c1-28(2)19-8-7-14(13-24-19)21(29)25-16-11-23(12-16)9-15(10-23)20-17-5-3-4-6-18(17)22(30)27-26-20/h3-8,13,15-16H,9-12H2,1-2H3,(H,25,29)(H,27,30). The Balaban J connectivity index is 1.19. The SMILES string of the molecule is CN(C)c1ccc(C(=O)NC2CC3(C2)CC(c2n[nH]c(=O)c4ccccc24)C3)cn1. The summed E-state index contributed by atoms with van der Waals surface area (Å²) in [4.78, 5) is 30.7. The van der Waals surface area contributed by atoms with Crippen molar-refractivity contribution < 1.29 is 4.79 Å². The average Bonchev–Trinajstić information content (AvgIpc) is 2.70. The molecule has 2 N–H and O–H groups in total. The smallest absolute Gasteiger partial charge is 0.272 e. The maximum atomic E-state index is 12.5. The number of nitrogens with one attached hydrogen (secondary N) is 2. The van der Waals surface area contributed by atoms with E-state index in [1.165, 1.54) is 0 Å². The number of nitrogens with zero attached hydrogens (tertiary/aromatic N) is 3. The summed E-state index contributed by atoms with van der Waals surface area (Å²) < 4.78 is 0. The van der Waals surface area contributed by atoms with Crippen molar-refractivity contribution in [2.24, 2.45) is 5.41 Å². The van der Waals surface area contributed by atoms with E-state index in [0.717, 1.165) is 42.6 Å². The van der Waals surface area contributed by atoms with Crippen molar-refractivity contribution in [2.45, 2.75) is 37.6 Å². The fourth-order valence-electron chi connectivity index (χ4n) is 5.10. The summed E-state index contributed by atoms with van der Waals surface area (Å²) in [7, 11) is 3.85. The molecule has 2 aliphatic rings. The Bertz CT molecular complexity index is 1150. The summed E-state index contributed by atoms with van der Waals surface area (Å²) in [6.45, 7) is 0. The van der Waals surface area contributed by atoms with Crippen molar-refractivity contribution in [3.05, 3.63) is 64.2 Å². The first kappa shape index (κ1) is 18.8. The maximum absolute atomic E-state index is 12.5. The van der Waals surface area contributed by atoms with Gasteiger partial charge in [-0.3, -0.25) is 9.59 Å². The van der Waals surface area contributed by atoms with Crippen LogP contribution < -0.4 is 15.8 Å². The number of amides is 1. The lowest BCUT2D eigenvalue weighted by molar-refractivity contribution is -0.0196. The lowest BCUT2D eigenvalue weighted by Gasteiger charge is -2.57. The number of carbonyl (C=O) groups excluding carboxylic acids is 1. The van der Waals surface area contributed by atoms with E-state index >= 15 is 0 Å². The van der Waals surface area contributed by atoms with Crippen molar-refractivity contribution in [1.29, 1.82) is 0 Å². The molecule has 0 radical (unpaired) electrons. The molecule has 0 atom stereocenters. The highest BCUT2D eigenvalue weighted by Crippen LogP contribution is 2.62. The van der Waals surface area contributed by atoms with Gasteiger partial charge in [0, 0.05) is 37.6 Å². The molecule has 3 aromatic rings. The molecule has 30 heavy (non-hydrogen) atoms. The van der Waals surface area contributed by atoms with Gasteiger partial charge in [0.15, 0.2) is 0 Å². The first-order valence-electron chi connectivity index (χ1n) is 10.4. The van der Waals surface area contributed by atoms with Crippen molar-refractivity contribution >= 4 is 22.5 Å². The third-order valence-corrected chi connectivity index (χ3v) is 6.63. The van der Waals surface area contributed by atoms with Gasteiger partial charge in [0.1, 0.15) is 5.82 Å². The lowest BCUT2D eigenvalue weighted by atomic mass is 9.49. The molecular weight excluding hydrogens is 378 g/mol. The Labute approximate surface area is 174 Å². The van der Waals surface area contributed by atoms with E-state index in [1.807, 2.05) is 55.4 Å². The number of fused-ring (bicyclic) bond motifs is 1. The van der Waals surface area contributed by atoms with Crippen LogP contribution in [0.2, 0.25) is 0 Å². The molecule has 154 valence electrons. The molecule has 7 heteroatoms. The molecule has 2 aromatic heterocycles. The van der Waals surface area contributed by atoms with Crippen LogP contribution in [0.4, 0.5) is 5.82 Å². The Morgan fingerprint density at radius 1 is 1.10 bits per heavy atom. The molecule has 2 heterocycles. The van der Waals surface area contributed by atoms with Crippen LogP contribution in [0.3, 0.4) is 0 Å². The summed E-state index contributed by atoms with van der Waals surface area (Å²) in [5, 5.41) is 11.8. The van der Waals surface area contributed by atoms with Crippen LogP contribution in [0.5, 0.6) is 0 Å². The molecule has 0 bridgehead atoms. The minimum Gasteiger partial charge on any atom is -0.363 e. The number of hydrogen-bond acceptors (Lipinski definition) is 5. The first-order valence-corrected chi connectivity index (χ1v) is 10.4. The summed E-state index contributed by atoms with van der Waals surface area (Å²) >= 11 is 0. The Hall–Kier alpha value is -3.22. The largest absolute Gasteiger partial charge is 0.363 e. The third-order valence-electron chi connectivity index (χ3n) is 6.63. The van der Waals surface area contributed by atoms with Gasteiger partial charge in [-0.15, -0.1) is 0 Å². The second-order valence-electron chi connectivity index (χ2n) is 8.97. The van der Waals surface area contributed by atoms with E-state index in [9.17, 15) is 9.59 Å². The topological polar surface area (TPSA) is 91.0 Å². The zero-order valence-corrected chi connectivity index (χ0v) is 17.2. The quantitative estimate of drug-likeness (QED) is 0.699. The van der Waals surface area contributed by atoms with Gasteiger partial charge in [0.2, 0.25) is 0 Å². The van der Waals surface area contributed by atoms with Crippen molar-refractivity contribution in [2.75, 3.05) is 19.0 Å². The van der Waals surface area contributed by atoms with E-state index in [2.05, 4.69) is 20.5 Å². The zero-order valence-electron chi connectivity index (χ0n) is 17.2. The number of benzene rings is 1. The number of anilines is 1. The molecule has 2 saturated carbocycles. The molecule has 0 aliphatic heterocycles. The minimum atomic E-state index is -0.136. The third kappa shape index (κ3) is 3.14. The fraction of sp³-hybridized carbons (Fsp3) is 0.391. The zero-order chi connectivity index (χ0) is 20.9. The highest BCUT2D eigenvalue weighted by molar-refractivity contribution is 5.94. The number of H-pyrrole nitrogens is 1. The number of carbonyl (C=O) groups is 1. The Kier molecular flexibility index (Phi) is 4.34. The molecule has 5 rings (SSSR count). The van der Waals surface area contributed by atoms with Gasteiger partial charge < -0.3 is 10.2 Å². The molecule has 2 aliphatic carbocycles. The number of rotatable bonds is 4. The summed E-state index contributed by atoms with van der Waals surface area (Å²) in [6.07, 6.45) is 5.74. The van der Waals surface area contributed by atoms with E-state index in [-0.39, 0.29) is 17.5 Å². The van der Waals surface area contributed by atoms with Crippen LogP contribution in [0.1, 0.15) is 47.7 Å². The summed E-state index contributed by atoms with van der Waals surface area (Å²) in [6, 6.07) is 11.6. The van der Waals surface area contributed by atoms with Crippen molar-refractivity contribution in [1.82, 2.24) is 20.5 Å². The van der Waals surface area contributed by atoms with Gasteiger partial charge in [0.25, 0.3) is 11.5 Å². The van der Waals surface area contributed by atoms with E-state index in [1.54, 1.807) is 6.20 Å². The predicted octanol–water partition coefficient (Wildman–Crippen LogP) is 2.84. The van der Waals surface area contributed by atoms with Crippen LogP contribution in [-0.2, 0) is 0 Å². The number of pyridine rings is 1. The van der Waals surface area contributed by atoms with Gasteiger partial charge in [0.05, 0.1) is 16.6 Å². The van der Waals surface area contributed by atoms with Crippen molar-refractivity contribution in [3.63, 3.8) is 0 Å². The monoisotopic (exact) mass is 403 g/mol. The second-order valence-corrected chi connectivity index (χ2v) is 8.97. The molecule has 1 amide bonds. The molecule has 1 spiro atoms. The van der Waals surface area contributed by atoms with Crippen LogP contribution in [0.15, 0.2) is 47.4 Å². The minimum absolute atomic E-state index is 0.0585. The first-order chi connectivity index (χ1) is 14.4. The molecule has 0 saturated heterocycles. The van der Waals surface area contributed by atoms with Crippen LogP contribution >= 0.6 is 0 Å². The van der Waals surface area contributed by atoms with Gasteiger partial charge >= 0.3 is 0 Å². The summed E-state index contributed by atoms with van der Waals surface area (Å²) in [5.41, 5.74) is 1.75. The van der Waals surface area contributed by atoms with Crippen LogP contribution in [0.25, 0.3) is 10.8 Å². The van der Waals surface area contributed by atoms with E-state index in [4.69, 9.17) is 0 Å². The number of aromatic nitrogens is 3. The van der Waals surface area contributed by atoms with Gasteiger partial charge in [-0.2, -0.15) is 5.10 Å². The maximum Gasteiger partial charge on any atom is 0.272 e. The Morgan fingerprint density at radius 2 is 1.83 bits per heavy atom. The van der Waals surface area contributed by atoms with Gasteiger partial charge in [-0.25, -0.2) is 10.1 Å². The van der Waals surface area contributed by atoms with Gasteiger partial charge in [-0.05, 0) is 49.3 Å². The predicted molar refractivity (Wildman–Crippen MR) is 116 cm³/mol. The molecule has 7 nitrogen and oxygen atoms in total. The Morgan fingerprint density at radius 3 is 2.50 bits per heavy atom. The molecule has 0 unspecified atom stereocenters. The lowest BCUT2D eigenvalue weighted by Crippen LogP contribution is -2.55. The van der Waals surface area contributed by atoms with Crippen molar-refractivity contribution in [3.8, 4) is 0 Å². The van der Waals surface area contributed by atoms with Crippen LogP contribution in [-0.4, -0.2) is 41.2 Å². The second kappa shape index (κ2) is 6.93.